The Hall–Kier alpha value is -3.36. The number of aliphatic hydroxyl groups is 2. The van der Waals surface area contributed by atoms with Crippen molar-refractivity contribution in [2.75, 3.05) is 0 Å². The number of aliphatic carboxylic acids is 1. The van der Waals surface area contributed by atoms with Crippen molar-refractivity contribution >= 4 is 12.2 Å². The highest BCUT2D eigenvalue weighted by molar-refractivity contribution is 5.81. The fraction of sp³-hybridized carbons (Fsp3) is 0.308. The van der Waals surface area contributed by atoms with Crippen molar-refractivity contribution in [3.63, 3.8) is 0 Å². The summed E-state index contributed by atoms with van der Waals surface area (Å²) in [7, 11) is 0. The second-order valence-electron chi connectivity index (χ2n) is 9.16. The van der Waals surface area contributed by atoms with Gasteiger partial charge in [-0.25, -0.2) is 13.8 Å². The van der Waals surface area contributed by atoms with Crippen molar-refractivity contribution in [3.8, 4) is 22.5 Å². The molecular weight excluding hydrogens is 442 g/mol. The van der Waals surface area contributed by atoms with Crippen molar-refractivity contribution in [2.45, 2.75) is 51.2 Å². The molecule has 0 spiro atoms. The summed E-state index contributed by atoms with van der Waals surface area (Å²) in [6.45, 7) is 5.90. The lowest BCUT2D eigenvalue weighted by atomic mass is 9.95. The van der Waals surface area contributed by atoms with Crippen LogP contribution in [0.2, 0.25) is 0 Å². The Labute approximate surface area is 196 Å². The quantitative estimate of drug-likeness (QED) is 0.437. The Balaban J connectivity index is 2.15. The molecule has 0 aliphatic rings. The third-order valence-electron chi connectivity index (χ3n) is 5.20. The van der Waals surface area contributed by atoms with Gasteiger partial charge in [0.1, 0.15) is 17.5 Å². The molecule has 2 atom stereocenters. The van der Waals surface area contributed by atoms with Crippen LogP contribution in [-0.2, 0) is 10.2 Å². The lowest BCUT2D eigenvalue weighted by molar-refractivity contribution is -0.139. The highest BCUT2D eigenvalue weighted by atomic mass is 19.1. The van der Waals surface area contributed by atoms with E-state index in [4.69, 9.17) is 10.1 Å². The minimum atomic E-state index is -1.20. The number of nitrogens with zero attached hydrogens (tertiary/aromatic N) is 2. The zero-order chi connectivity index (χ0) is 25.0. The SMILES string of the molecule is CC(C)(C)c1nc(-c2ccc(F)cc2)c(-c2ccc(F)cc2)n1/C=C/C(O)CC(O)CC(=O)O. The monoisotopic (exact) mass is 470 g/mol. The van der Waals surface area contributed by atoms with E-state index in [1.807, 2.05) is 20.8 Å². The molecule has 180 valence electrons. The van der Waals surface area contributed by atoms with Gasteiger partial charge in [-0.15, -0.1) is 0 Å². The standard InChI is InChI=1S/C26H28F2N2O4/c1-26(2,3)25-29-23(16-4-8-18(27)9-5-16)24(17-6-10-19(28)11-7-17)30(25)13-12-20(31)14-21(32)15-22(33)34/h4-13,20-21,31-32H,14-15H2,1-3H3,(H,33,34)/b13-12+. The van der Waals surface area contributed by atoms with Crippen LogP contribution in [0.3, 0.4) is 0 Å². The Bertz CT molecular complexity index is 1160. The van der Waals surface area contributed by atoms with Crippen LogP contribution in [0.5, 0.6) is 0 Å². The number of imidazole rings is 1. The normalized spacial score (nSPS) is 13.9. The Morgan fingerprint density at radius 1 is 1.00 bits per heavy atom. The number of aliphatic hydroxyl groups excluding tert-OH is 2. The molecule has 1 aromatic heterocycles. The molecule has 0 saturated heterocycles. The van der Waals surface area contributed by atoms with E-state index in [2.05, 4.69) is 0 Å². The maximum Gasteiger partial charge on any atom is 0.305 e. The molecule has 0 fully saturated rings. The molecule has 1 heterocycles. The maximum absolute atomic E-state index is 13.7. The second kappa shape index (κ2) is 10.3. The van der Waals surface area contributed by atoms with Crippen molar-refractivity contribution in [3.05, 3.63) is 72.1 Å². The van der Waals surface area contributed by atoms with Crippen molar-refractivity contribution in [1.29, 1.82) is 0 Å². The van der Waals surface area contributed by atoms with Gasteiger partial charge in [0, 0.05) is 29.2 Å². The average molecular weight is 471 g/mol. The van der Waals surface area contributed by atoms with Gasteiger partial charge in [0.25, 0.3) is 0 Å². The van der Waals surface area contributed by atoms with E-state index in [0.717, 1.165) is 0 Å². The molecule has 8 heteroatoms. The Morgan fingerprint density at radius 2 is 1.53 bits per heavy atom. The number of carbonyl (C=O) groups is 1. The van der Waals surface area contributed by atoms with E-state index < -0.39 is 35.8 Å². The van der Waals surface area contributed by atoms with E-state index in [1.165, 1.54) is 30.3 Å². The van der Waals surface area contributed by atoms with Gasteiger partial charge >= 0.3 is 5.97 Å². The number of aromatic nitrogens is 2. The highest BCUT2D eigenvalue weighted by Gasteiger charge is 2.27. The van der Waals surface area contributed by atoms with Crippen LogP contribution in [0.4, 0.5) is 8.78 Å². The van der Waals surface area contributed by atoms with Gasteiger partial charge in [0.05, 0.1) is 30.0 Å². The first-order valence-corrected chi connectivity index (χ1v) is 10.9. The molecule has 3 N–H and O–H groups in total. The summed E-state index contributed by atoms with van der Waals surface area (Å²) in [5.74, 6) is -1.30. The van der Waals surface area contributed by atoms with E-state index in [1.54, 1.807) is 35.0 Å². The van der Waals surface area contributed by atoms with Gasteiger partial charge < -0.3 is 19.9 Å². The fourth-order valence-electron chi connectivity index (χ4n) is 3.63. The average Bonchev–Trinajstić information content (AvgIpc) is 3.12. The molecular formula is C26H28F2N2O4. The lowest BCUT2D eigenvalue weighted by Gasteiger charge is -2.19. The van der Waals surface area contributed by atoms with Gasteiger partial charge in [-0.2, -0.15) is 0 Å². The van der Waals surface area contributed by atoms with Gasteiger partial charge in [-0.1, -0.05) is 20.8 Å². The van der Waals surface area contributed by atoms with Crippen LogP contribution >= 0.6 is 0 Å². The van der Waals surface area contributed by atoms with E-state index in [9.17, 15) is 23.8 Å². The minimum Gasteiger partial charge on any atom is -0.481 e. The van der Waals surface area contributed by atoms with Crippen molar-refractivity contribution in [1.82, 2.24) is 9.55 Å². The Kier molecular flexibility index (Phi) is 7.64. The molecule has 2 unspecified atom stereocenters. The number of hydrogen-bond acceptors (Lipinski definition) is 4. The minimum absolute atomic E-state index is 0.154. The first-order valence-electron chi connectivity index (χ1n) is 10.9. The van der Waals surface area contributed by atoms with Crippen LogP contribution < -0.4 is 0 Å². The number of carboxylic acid groups (broad SMARTS) is 1. The third-order valence-corrected chi connectivity index (χ3v) is 5.20. The number of hydrogen-bond donors (Lipinski definition) is 3. The van der Waals surface area contributed by atoms with Crippen LogP contribution in [0, 0.1) is 11.6 Å². The number of carboxylic acids is 1. The predicted octanol–water partition coefficient (Wildman–Crippen LogP) is 4.85. The van der Waals surface area contributed by atoms with Gasteiger partial charge in [-0.05, 0) is 54.6 Å². The highest BCUT2D eigenvalue weighted by Crippen LogP contribution is 2.37. The number of rotatable bonds is 8. The van der Waals surface area contributed by atoms with Crippen molar-refractivity contribution < 1.29 is 28.9 Å². The van der Waals surface area contributed by atoms with Gasteiger partial charge in [-0.3, -0.25) is 4.79 Å². The second-order valence-corrected chi connectivity index (χ2v) is 9.16. The molecule has 0 saturated carbocycles. The summed E-state index contributed by atoms with van der Waals surface area (Å²) < 4.78 is 29.0. The van der Waals surface area contributed by atoms with Gasteiger partial charge in [0.2, 0.25) is 0 Å². The smallest absolute Gasteiger partial charge is 0.305 e. The maximum atomic E-state index is 13.7. The molecule has 3 aromatic rings. The summed E-state index contributed by atoms with van der Waals surface area (Å²) in [6, 6.07) is 11.8. The lowest BCUT2D eigenvalue weighted by Crippen LogP contribution is -2.20. The first kappa shape index (κ1) is 25.3. The summed E-state index contributed by atoms with van der Waals surface area (Å²) >= 11 is 0. The Morgan fingerprint density at radius 3 is 2.03 bits per heavy atom. The predicted molar refractivity (Wildman–Crippen MR) is 126 cm³/mol. The van der Waals surface area contributed by atoms with E-state index in [0.29, 0.717) is 28.3 Å². The zero-order valence-electron chi connectivity index (χ0n) is 19.2. The molecule has 0 aliphatic carbocycles. The molecule has 3 rings (SSSR count). The van der Waals surface area contributed by atoms with Gasteiger partial charge in [0.15, 0.2) is 0 Å². The van der Waals surface area contributed by atoms with E-state index >= 15 is 0 Å². The molecule has 0 aliphatic heterocycles. The summed E-state index contributed by atoms with van der Waals surface area (Å²) in [5, 5.41) is 29.0. The zero-order valence-corrected chi connectivity index (χ0v) is 19.2. The van der Waals surface area contributed by atoms with Crippen molar-refractivity contribution in [2.24, 2.45) is 0 Å². The molecule has 34 heavy (non-hydrogen) atoms. The summed E-state index contributed by atoms with van der Waals surface area (Å²) in [5.41, 5.74) is 2.06. The van der Waals surface area contributed by atoms with Crippen LogP contribution in [0.1, 0.15) is 39.4 Å². The number of benzene rings is 2. The number of halogens is 2. The molecule has 2 aromatic carbocycles. The summed E-state index contributed by atoms with van der Waals surface area (Å²) in [6.07, 6.45) is 0.118. The largest absolute Gasteiger partial charge is 0.481 e. The van der Waals surface area contributed by atoms with Crippen LogP contribution in [0.25, 0.3) is 28.7 Å². The third kappa shape index (κ3) is 6.15. The van der Waals surface area contributed by atoms with E-state index in [-0.39, 0.29) is 12.2 Å². The topological polar surface area (TPSA) is 95.6 Å². The van der Waals surface area contributed by atoms with Crippen LogP contribution in [0.15, 0.2) is 54.6 Å². The molecule has 0 bridgehead atoms. The molecule has 0 radical (unpaired) electrons. The molecule has 6 nitrogen and oxygen atoms in total. The summed E-state index contributed by atoms with van der Waals surface area (Å²) in [4.78, 5) is 15.6. The first-order chi connectivity index (χ1) is 16.0. The molecule has 0 amide bonds. The van der Waals surface area contributed by atoms with Crippen LogP contribution in [-0.4, -0.2) is 43.0 Å². The fourth-order valence-corrected chi connectivity index (χ4v) is 3.63.